The van der Waals surface area contributed by atoms with E-state index in [0.29, 0.717) is 5.25 Å². The van der Waals surface area contributed by atoms with E-state index in [2.05, 4.69) is 265 Å². The Kier molecular flexibility index (Phi) is 9.40. The van der Waals surface area contributed by atoms with E-state index in [1.165, 1.54) is 131 Å². The van der Waals surface area contributed by atoms with Gasteiger partial charge in [0.1, 0.15) is 0 Å². The summed E-state index contributed by atoms with van der Waals surface area (Å²) in [6, 6.07) is 90.6. The molecule has 0 radical (unpaired) electrons. The maximum atomic E-state index is 2.50. The minimum Gasteiger partial charge on any atom is -0.309 e. The summed E-state index contributed by atoms with van der Waals surface area (Å²) < 4.78 is 2.50. The van der Waals surface area contributed by atoms with Crippen LogP contribution in [0.2, 0.25) is 0 Å². The number of rotatable bonds is 6. The molecule has 0 spiro atoms. The lowest BCUT2D eigenvalue weighted by molar-refractivity contribution is 0.893. The Morgan fingerprint density at radius 1 is 0.347 bits per heavy atom. The van der Waals surface area contributed by atoms with Crippen LogP contribution in [0.5, 0.6) is 0 Å². The number of thioether (sulfide) groups is 1. The van der Waals surface area contributed by atoms with Gasteiger partial charge >= 0.3 is 0 Å². The summed E-state index contributed by atoms with van der Waals surface area (Å²) in [5, 5.41) is 12.9. The average molecular weight is 932 g/mol. The largest absolute Gasteiger partial charge is 0.309 e. The van der Waals surface area contributed by atoms with Gasteiger partial charge in [0, 0.05) is 32.5 Å². The molecule has 12 aromatic carbocycles. The molecule has 2 heteroatoms. The molecule has 0 bridgehead atoms. The van der Waals surface area contributed by atoms with Gasteiger partial charge in [-0.1, -0.05) is 212 Å². The van der Waals surface area contributed by atoms with Crippen molar-refractivity contribution in [2.45, 2.75) is 16.1 Å². The summed E-state index contributed by atoms with van der Waals surface area (Å²) in [6.45, 7) is 0. The molecule has 0 saturated carbocycles. The van der Waals surface area contributed by atoms with Crippen molar-refractivity contribution in [3.05, 3.63) is 272 Å². The third-order valence-electron chi connectivity index (χ3n) is 15.5. The first kappa shape index (κ1) is 41.1. The molecule has 1 nitrogen and oxygen atoms in total. The van der Waals surface area contributed by atoms with Crippen molar-refractivity contribution in [1.82, 2.24) is 4.57 Å². The second-order valence-corrected chi connectivity index (χ2v) is 20.7. The van der Waals surface area contributed by atoms with Crippen LogP contribution in [-0.4, -0.2) is 9.82 Å². The molecule has 0 saturated heterocycles. The summed E-state index contributed by atoms with van der Waals surface area (Å²) in [6.07, 6.45) is 7.01. The van der Waals surface area contributed by atoms with E-state index in [0.717, 1.165) is 5.69 Å². The Morgan fingerprint density at radius 3 is 1.56 bits per heavy atom. The minimum atomic E-state index is 0.276. The molecule has 1 aliphatic carbocycles. The molecule has 13 aromatic rings. The van der Waals surface area contributed by atoms with Crippen molar-refractivity contribution in [1.29, 1.82) is 0 Å². The highest BCUT2D eigenvalue weighted by atomic mass is 32.2. The normalized spacial score (nSPS) is 15.2. The molecule has 0 amide bonds. The first-order chi connectivity index (χ1) is 35.7. The first-order valence-corrected chi connectivity index (χ1v) is 25.9. The molecule has 1 aromatic heterocycles. The second kappa shape index (κ2) is 16.5. The van der Waals surface area contributed by atoms with Crippen LogP contribution < -0.4 is 0 Å². The minimum absolute atomic E-state index is 0.276. The summed E-state index contributed by atoms with van der Waals surface area (Å²) in [7, 11) is 0. The zero-order valence-electron chi connectivity index (χ0n) is 39.3. The Hall–Kier alpha value is -8.69. The maximum Gasteiger partial charge on any atom is 0.0541 e. The molecular weight excluding hydrogens is 887 g/mol. The Bertz CT molecular complexity index is 4420. The van der Waals surface area contributed by atoms with E-state index in [1.807, 2.05) is 11.8 Å². The molecule has 2 unspecified atom stereocenters. The van der Waals surface area contributed by atoms with Crippen molar-refractivity contribution in [3.8, 4) is 50.2 Å². The Balaban J connectivity index is 0.911. The van der Waals surface area contributed by atoms with E-state index < -0.39 is 0 Å². The number of para-hydroxylation sites is 1. The molecule has 72 heavy (non-hydrogen) atoms. The molecule has 2 heterocycles. The van der Waals surface area contributed by atoms with Gasteiger partial charge in [0.2, 0.25) is 0 Å². The van der Waals surface area contributed by atoms with E-state index >= 15 is 0 Å². The molecule has 336 valence electrons. The molecule has 2 atom stereocenters. The van der Waals surface area contributed by atoms with Gasteiger partial charge in [0.05, 0.1) is 11.0 Å². The van der Waals surface area contributed by atoms with E-state index in [-0.39, 0.29) is 5.92 Å². The van der Waals surface area contributed by atoms with Crippen molar-refractivity contribution in [2.75, 3.05) is 0 Å². The molecule has 15 rings (SSSR count). The van der Waals surface area contributed by atoms with Crippen molar-refractivity contribution < 1.29 is 0 Å². The van der Waals surface area contributed by atoms with Crippen LogP contribution in [0.1, 0.15) is 17.0 Å². The highest BCUT2D eigenvalue weighted by Crippen LogP contribution is 2.53. The van der Waals surface area contributed by atoms with Crippen molar-refractivity contribution in [2.24, 2.45) is 0 Å². The monoisotopic (exact) mass is 931 g/mol. The summed E-state index contributed by atoms with van der Waals surface area (Å²) in [5.41, 5.74) is 17.5. The fourth-order valence-electron chi connectivity index (χ4n) is 12.1. The van der Waals surface area contributed by atoms with E-state index in [9.17, 15) is 0 Å². The first-order valence-electron chi connectivity index (χ1n) is 25.0. The van der Waals surface area contributed by atoms with Crippen molar-refractivity contribution in [3.63, 3.8) is 0 Å². The number of allylic oxidation sites excluding steroid dienone is 3. The van der Waals surface area contributed by atoms with Gasteiger partial charge in [-0.2, -0.15) is 0 Å². The fourth-order valence-corrected chi connectivity index (χ4v) is 13.5. The van der Waals surface area contributed by atoms with Gasteiger partial charge in [0.25, 0.3) is 0 Å². The van der Waals surface area contributed by atoms with Gasteiger partial charge in [0.15, 0.2) is 0 Å². The predicted molar refractivity (Wildman–Crippen MR) is 308 cm³/mol. The van der Waals surface area contributed by atoms with E-state index in [1.54, 1.807) is 0 Å². The molecule has 0 fully saturated rings. The smallest absolute Gasteiger partial charge is 0.0541 e. The van der Waals surface area contributed by atoms with E-state index in [4.69, 9.17) is 0 Å². The summed E-state index contributed by atoms with van der Waals surface area (Å²) >= 11 is 2.01. The van der Waals surface area contributed by atoms with Gasteiger partial charge in [-0.25, -0.2) is 0 Å². The Labute approximate surface area is 422 Å². The van der Waals surface area contributed by atoms with Crippen LogP contribution in [0.3, 0.4) is 0 Å². The van der Waals surface area contributed by atoms with Crippen LogP contribution in [0.4, 0.5) is 0 Å². The highest BCUT2D eigenvalue weighted by molar-refractivity contribution is 8.01. The van der Waals surface area contributed by atoms with Crippen molar-refractivity contribution >= 4 is 82.2 Å². The number of nitrogens with zero attached hydrogens (tertiary/aromatic N) is 1. The third kappa shape index (κ3) is 6.56. The number of hydrogen-bond donors (Lipinski definition) is 0. The third-order valence-corrected chi connectivity index (χ3v) is 16.9. The lowest BCUT2D eigenvalue weighted by atomic mass is 9.85. The summed E-state index contributed by atoms with van der Waals surface area (Å²) in [4.78, 5) is 1.38. The zero-order chi connectivity index (χ0) is 47.3. The number of fused-ring (bicyclic) bond motifs is 10. The number of aromatic nitrogens is 1. The summed E-state index contributed by atoms with van der Waals surface area (Å²) in [5.74, 6) is 0.276. The number of hydrogen-bond acceptors (Lipinski definition) is 1. The van der Waals surface area contributed by atoms with Crippen LogP contribution in [0.25, 0.3) is 121 Å². The highest BCUT2D eigenvalue weighted by Gasteiger charge is 2.35. The van der Waals surface area contributed by atoms with Crippen LogP contribution in [0.15, 0.2) is 266 Å². The molecule has 0 N–H and O–H groups in total. The van der Waals surface area contributed by atoms with Crippen LogP contribution in [-0.2, 0) is 0 Å². The molecule has 2 aliphatic rings. The lowest BCUT2D eigenvalue weighted by Crippen LogP contribution is -2.14. The van der Waals surface area contributed by atoms with Crippen LogP contribution >= 0.6 is 11.8 Å². The van der Waals surface area contributed by atoms with Gasteiger partial charge in [-0.3, -0.25) is 0 Å². The topological polar surface area (TPSA) is 4.93 Å². The predicted octanol–water partition coefficient (Wildman–Crippen LogP) is 19.3. The molecular formula is C70H45NS. The quantitative estimate of drug-likeness (QED) is 0.150. The van der Waals surface area contributed by atoms with Gasteiger partial charge in [-0.15, -0.1) is 11.8 Å². The fraction of sp³-hybridized carbons (Fsp3) is 0.0286. The van der Waals surface area contributed by atoms with Gasteiger partial charge in [-0.05, 0) is 153 Å². The Morgan fingerprint density at radius 2 is 0.875 bits per heavy atom. The zero-order valence-corrected chi connectivity index (χ0v) is 40.2. The average Bonchev–Trinajstić information content (AvgIpc) is 4.00. The van der Waals surface area contributed by atoms with Crippen LogP contribution in [0, 0.1) is 0 Å². The standard InChI is InChI=1S/C70H45NS/c1-3-14-50-40-52(34-28-44(50)12-1)46-24-30-48(31-25-46)68-59-18-5-6-19-60(59)69(49-32-26-47(27-33-49)53-35-29-45-13-2-4-15-51(45)41-53)64-43-55(37-38-61(64)68)71-65-22-9-7-16-57(65)63-42-54(36-39-66(63)71)56-20-11-21-62-58-17-8-10-23-67(58)72-70(56)62/h1-43,56,70H. The lowest BCUT2D eigenvalue weighted by Gasteiger charge is -2.24. The maximum absolute atomic E-state index is 2.50. The molecule has 1 aliphatic heterocycles. The number of benzene rings is 12. The SMILES string of the molecule is C1=CC(c2ccc3c(c2)c2ccccc2n3-c2ccc3c(-c4ccc(-c5ccc6ccccc6c5)cc4)c4ccccc4c(-c4ccc(-c5ccc6ccccc6c5)cc4)c3c2)C2Sc3ccccc3C2=C1. The second-order valence-electron chi connectivity index (χ2n) is 19.5. The van der Waals surface area contributed by atoms with Gasteiger partial charge < -0.3 is 4.57 Å².